The molecule has 32 valence electrons. The first kappa shape index (κ1) is 9.37. The molecule has 0 bridgehead atoms. The Labute approximate surface area is 51.4 Å². The third kappa shape index (κ3) is 45.5. The first-order chi connectivity index (χ1) is 1.73. The molecule has 0 saturated carbocycles. The number of rotatable bonds is 0. The van der Waals surface area contributed by atoms with Crippen molar-refractivity contribution >= 4 is 12.4 Å². The Morgan fingerprint density at radius 1 is 1.40 bits per heavy atom. The van der Waals surface area contributed by atoms with Gasteiger partial charge in [-0.3, -0.25) is 0 Å². The van der Waals surface area contributed by atoms with Crippen LogP contribution in [0.3, 0.4) is 0 Å². The van der Waals surface area contributed by atoms with Crippen LogP contribution in [0.2, 0.25) is 0 Å². The largest absolute Gasteiger partial charge is 0.147 e. The van der Waals surface area contributed by atoms with E-state index in [-0.39, 0.29) is 12.4 Å². The molecule has 0 aliphatic rings. The van der Waals surface area contributed by atoms with Crippen LogP contribution in [0.5, 0.6) is 0 Å². The van der Waals surface area contributed by atoms with Crippen LogP contribution in [0.25, 0.3) is 0 Å². The molecular formula is C2H7ClNTa. The Bertz CT molecular complexity index is 14.4. The monoisotopic (exact) mass is 261 g/mol. The molecule has 5 heavy (non-hydrogen) atoms. The van der Waals surface area contributed by atoms with E-state index in [4.69, 9.17) is 0 Å². The number of halogens is 1. The Kier molecular flexibility index (Phi) is 9.35. The quantitative estimate of drug-likeness (QED) is 0.611. The molecule has 0 radical (unpaired) electrons. The molecular weight excluding hydrogens is 254 g/mol. The summed E-state index contributed by atoms with van der Waals surface area (Å²) in [5, 5.41) is 0. The maximum Gasteiger partial charge on any atom is -0.147 e. The fraction of sp³-hybridized carbons (Fsp3) is 1.00. The second kappa shape index (κ2) is 4.99. The van der Waals surface area contributed by atoms with E-state index in [2.05, 4.69) is 3.30 Å². The molecule has 0 rings (SSSR count). The summed E-state index contributed by atoms with van der Waals surface area (Å²) in [6.45, 7) is 0. The van der Waals surface area contributed by atoms with Crippen molar-refractivity contribution in [2.45, 2.75) is 0 Å². The van der Waals surface area contributed by atoms with Gasteiger partial charge in [0.25, 0.3) is 0 Å². The van der Waals surface area contributed by atoms with Crippen molar-refractivity contribution in [3.63, 3.8) is 0 Å². The second-order valence-corrected chi connectivity index (χ2v) is 3.72. The molecule has 0 N–H and O–H groups in total. The molecule has 0 aromatic heterocycles. The Balaban J connectivity index is 0. The van der Waals surface area contributed by atoms with E-state index in [0.29, 0.717) is 0 Å². The van der Waals surface area contributed by atoms with E-state index in [1.165, 1.54) is 21.3 Å². The van der Waals surface area contributed by atoms with E-state index in [1.54, 1.807) is 0 Å². The van der Waals surface area contributed by atoms with Crippen molar-refractivity contribution in [3.8, 4) is 0 Å². The standard InChI is InChI=1S/C2H6N.ClH.Ta/c1-3-2;;/h1-2H3;1H;/q-1;;+1. The Morgan fingerprint density at radius 2 is 1.40 bits per heavy atom. The van der Waals surface area contributed by atoms with Gasteiger partial charge in [-0.1, -0.05) is 0 Å². The van der Waals surface area contributed by atoms with Gasteiger partial charge in [0, 0.05) is 0 Å². The molecule has 0 heterocycles. The van der Waals surface area contributed by atoms with Crippen molar-refractivity contribution in [2.24, 2.45) is 0 Å². The molecule has 0 aromatic rings. The summed E-state index contributed by atoms with van der Waals surface area (Å²) in [7, 11) is 4.10. The average molecular weight is 261 g/mol. The zero-order valence-corrected chi connectivity index (χ0v) is 7.33. The van der Waals surface area contributed by atoms with Gasteiger partial charge >= 0.3 is 38.7 Å². The van der Waals surface area contributed by atoms with Crippen molar-refractivity contribution in [3.05, 3.63) is 0 Å². The maximum atomic E-state index is 2.11. The zero-order chi connectivity index (χ0) is 3.58. The summed E-state index contributed by atoms with van der Waals surface area (Å²) in [4.78, 5) is 0. The van der Waals surface area contributed by atoms with Crippen LogP contribution in [0, 0.1) is 0 Å². The fourth-order valence-electron chi connectivity index (χ4n) is 0. The Morgan fingerprint density at radius 3 is 1.40 bits per heavy atom. The van der Waals surface area contributed by atoms with Gasteiger partial charge in [-0.05, 0) is 0 Å². The third-order valence-electron chi connectivity index (χ3n) is 0. The summed E-state index contributed by atoms with van der Waals surface area (Å²) in [6, 6.07) is 0. The number of hydrogen-bond donors (Lipinski definition) is 0. The minimum atomic E-state index is 0. The van der Waals surface area contributed by atoms with Gasteiger partial charge in [0.2, 0.25) is 0 Å². The van der Waals surface area contributed by atoms with E-state index in [0.717, 1.165) is 0 Å². The van der Waals surface area contributed by atoms with Gasteiger partial charge in [0.1, 0.15) is 0 Å². The summed E-state index contributed by atoms with van der Waals surface area (Å²) < 4.78 is 2.11. The van der Waals surface area contributed by atoms with Crippen molar-refractivity contribution in [2.75, 3.05) is 14.1 Å². The molecule has 0 aliphatic carbocycles. The van der Waals surface area contributed by atoms with E-state index >= 15 is 0 Å². The van der Waals surface area contributed by atoms with Crippen LogP contribution >= 0.6 is 12.4 Å². The number of hydrogen-bond acceptors (Lipinski definition) is 1. The summed E-state index contributed by atoms with van der Waals surface area (Å²) in [6.07, 6.45) is 0. The molecule has 0 atom stereocenters. The smallest absolute Gasteiger partial charge is 0.147 e. The summed E-state index contributed by atoms with van der Waals surface area (Å²) >= 11 is 1.35. The third-order valence-corrected chi connectivity index (χ3v) is 0. The topological polar surface area (TPSA) is 3.24 Å². The Hall–Kier alpha value is 0.990. The van der Waals surface area contributed by atoms with Crippen LogP contribution < -0.4 is 0 Å². The maximum absolute atomic E-state index is 2.11. The van der Waals surface area contributed by atoms with E-state index < -0.39 is 0 Å². The predicted molar refractivity (Wildman–Crippen MR) is 20.9 cm³/mol. The van der Waals surface area contributed by atoms with Gasteiger partial charge in [0.15, 0.2) is 0 Å². The predicted octanol–water partition coefficient (Wildman–Crippen LogP) is 0.432. The average Bonchev–Trinajstić information content (AvgIpc) is 0.811. The van der Waals surface area contributed by atoms with Crippen LogP contribution in [0.4, 0.5) is 0 Å². The molecule has 0 unspecified atom stereocenters. The van der Waals surface area contributed by atoms with E-state index in [9.17, 15) is 0 Å². The zero-order valence-electron chi connectivity index (χ0n) is 3.30. The van der Waals surface area contributed by atoms with Crippen LogP contribution in [-0.2, 0) is 21.3 Å². The molecule has 0 spiro atoms. The molecule has 0 saturated heterocycles. The van der Waals surface area contributed by atoms with Gasteiger partial charge in [-0.2, -0.15) is 0 Å². The number of nitrogens with zero attached hydrogens (tertiary/aromatic N) is 1. The van der Waals surface area contributed by atoms with Gasteiger partial charge in [0.05, 0.1) is 0 Å². The summed E-state index contributed by atoms with van der Waals surface area (Å²) in [5.41, 5.74) is 0. The van der Waals surface area contributed by atoms with Crippen molar-refractivity contribution in [1.29, 1.82) is 0 Å². The van der Waals surface area contributed by atoms with Crippen LogP contribution in [-0.4, -0.2) is 17.4 Å². The molecule has 3 heteroatoms. The minimum absolute atomic E-state index is 0. The molecule has 0 fully saturated rings. The van der Waals surface area contributed by atoms with Gasteiger partial charge in [-0.25, -0.2) is 0 Å². The fourth-order valence-corrected chi connectivity index (χ4v) is 0. The summed E-state index contributed by atoms with van der Waals surface area (Å²) in [5.74, 6) is 0. The minimum Gasteiger partial charge on any atom is -0.147 e. The molecule has 1 nitrogen and oxygen atoms in total. The van der Waals surface area contributed by atoms with E-state index in [1.807, 2.05) is 14.1 Å². The SMILES string of the molecule is C[N](C)[Ta].Cl. The normalized spacial score (nSPS) is 7.00. The van der Waals surface area contributed by atoms with Crippen molar-refractivity contribution in [1.82, 2.24) is 3.30 Å². The molecule has 0 aliphatic heterocycles. The first-order valence-corrected chi connectivity index (χ1v) is 2.53. The first-order valence-electron chi connectivity index (χ1n) is 1.09. The molecule has 0 aromatic carbocycles. The van der Waals surface area contributed by atoms with Gasteiger partial charge in [-0.15, -0.1) is 12.4 Å². The van der Waals surface area contributed by atoms with Crippen molar-refractivity contribution < 1.29 is 21.3 Å². The van der Waals surface area contributed by atoms with Crippen LogP contribution in [0.1, 0.15) is 0 Å². The molecule has 0 amide bonds. The van der Waals surface area contributed by atoms with Crippen LogP contribution in [0.15, 0.2) is 0 Å². The second-order valence-electron chi connectivity index (χ2n) is 0.847. The van der Waals surface area contributed by atoms with Gasteiger partial charge < -0.3 is 0 Å².